The summed E-state index contributed by atoms with van der Waals surface area (Å²) in [5.41, 5.74) is 0. The van der Waals surface area contributed by atoms with Crippen LogP contribution in [0.4, 0.5) is 0 Å². The third kappa shape index (κ3) is 3.41. The number of carbonyl (C=O) groups is 1. The van der Waals surface area contributed by atoms with Crippen molar-refractivity contribution in [1.29, 1.82) is 0 Å². The first-order valence-electron chi connectivity index (χ1n) is 5.69. The van der Waals surface area contributed by atoms with Crippen molar-refractivity contribution in [3.63, 3.8) is 0 Å². The smallest absolute Gasteiger partial charge is 0.138 e. The molecule has 0 aliphatic heterocycles. The first-order valence-corrected chi connectivity index (χ1v) is 5.69. The van der Waals surface area contributed by atoms with Gasteiger partial charge < -0.3 is 4.74 Å². The quantitative estimate of drug-likeness (QED) is 0.694. The van der Waals surface area contributed by atoms with E-state index in [-0.39, 0.29) is 6.10 Å². The standard InChI is InChI=1S/C12H22O2/c1-9-4-6-11(7-5-9)12(13)8-10(2)14-3/h9-11H,4-8H2,1-3H3. The first-order chi connectivity index (χ1) is 6.63. The molecule has 14 heavy (non-hydrogen) atoms. The zero-order valence-corrected chi connectivity index (χ0v) is 9.58. The van der Waals surface area contributed by atoms with Crippen LogP contribution in [0.3, 0.4) is 0 Å². The molecule has 1 saturated carbocycles. The Morgan fingerprint density at radius 1 is 1.36 bits per heavy atom. The molecule has 1 unspecified atom stereocenters. The van der Waals surface area contributed by atoms with Crippen LogP contribution >= 0.6 is 0 Å². The lowest BCUT2D eigenvalue weighted by Gasteiger charge is -2.25. The number of ketones is 1. The molecule has 1 rings (SSSR count). The number of methoxy groups -OCH3 is 1. The summed E-state index contributed by atoms with van der Waals surface area (Å²) in [6, 6.07) is 0. The van der Waals surface area contributed by atoms with Crippen LogP contribution in [0.15, 0.2) is 0 Å². The fourth-order valence-electron chi connectivity index (χ4n) is 2.12. The van der Waals surface area contributed by atoms with Crippen molar-refractivity contribution in [1.82, 2.24) is 0 Å². The van der Waals surface area contributed by atoms with Gasteiger partial charge in [-0.1, -0.05) is 19.8 Å². The minimum Gasteiger partial charge on any atom is -0.381 e. The zero-order chi connectivity index (χ0) is 10.6. The van der Waals surface area contributed by atoms with Crippen molar-refractivity contribution in [2.24, 2.45) is 11.8 Å². The van der Waals surface area contributed by atoms with Crippen molar-refractivity contribution >= 4 is 5.78 Å². The average Bonchev–Trinajstić information content (AvgIpc) is 2.18. The summed E-state index contributed by atoms with van der Waals surface area (Å²) in [6.07, 6.45) is 5.31. The van der Waals surface area contributed by atoms with Crippen LogP contribution in [0, 0.1) is 11.8 Å². The second-order valence-electron chi connectivity index (χ2n) is 4.67. The normalized spacial score (nSPS) is 29.9. The van der Waals surface area contributed by atoms with Crippen molar-refractivity contribution in [2.75, 3.05) is 7.11 Å². The van der Waals surface area contributed by atoms with Crippen LogP contribution in [0.2, 0.25) is 0 Å². The zero-order valence-electron chi connectivity index (χ0n) is 9.58. The molecule has 0 N–H and O–H groups in total. The third-order valence-electron chi connectivity index (χ3n) is 3.36. The van der Waals surface area contributed by atoms with E-state index in [1.165, 1.54) is 12.8 Å². The van der Waals surface area contributed by atoms with Gasteiger partial charge >= 0.3 is 0 Å². The molecule has 0 saturated heterocycles. The maximum atomic E-state index is 11.8. The lowest BCUT2D eigenvalue weighted by molar-refractivity contribution is -0.126. The van der Waals surface area contributed by atoms with Crippen LogP contribution in [-0.4, -0.2) is 19.0 Å². The number of ether oxygens (including phenoxy) is 1. The van der Waals surface area contributed by atoms with Crippen molar-refractivity contribution < 1.29 is 9.53 Å². The van der Waals surface area contributed by atoms with Gasteiger partial charge in [-0.05, 0) is 25.7 Å². The lowest BCUT2D eigenvalue weighted by atomic mass is 9.80. The SMILES string of the molecule is COC(C)CC(=O)C1CCC(C)CC1. The maximum Gasteiger partial charge on any atom is 0.138 e. The molecule has 1 aliphatic carbocycles. The fourth-order valence-corrected chi connectivity index (χ4v) is 2.12. The van der Waals surface area contributed by atoms with Gasteiger partial charge in [0.05, 0.1) is 6.10 Å². The van der Waals surface area contributed by atoms with E-state index in [0.29, 0.717) is 18.1 Å². The Balaban J connectivity index is 2.30. The molecule has 1 fully saturated rings. The number of carbonyl (C=O) groups excluding carboxylic acids is 1. The van der Waals surface area contributed by atoms with Gasteiger partial charge in [0, 0.05) is 19.4 Å². The van der Waals surface area contributed by atoms with E-state index >= 15 is 0 Å². The van der Waals surface area contributed by atoms with Gasteiger partial charge in [-0.25, -0.2) is 0 Å². The van der Waals surface area contributed by atoms with E-state index in [0.717, 1.165) is 18.8 Å². The van der Waals surface area contributed by atoms with Gasteiger partial charge in [-0.15, -0.1) is 0 Å². The summed E-state index contributed by atoms with van der Waals surface area (Å²) < 4.78 is 5.11. The molecule has 82 valence electrons. The molecule has 0 aromatic carbocycles. The fraction of sp³-hybridized carbons (Fsp3) is 0.917. The van der Waals surface area contributed by atoms with Crippen molar-refractivity contribution in [3.05, 3.63) is 0 Å². The number of hydrogen-bond acceptors (Lipinski definition) is 2. The van der Waals surface area contributed by atoms with Gasteiger partial charge in [0.2, 0.25) is 0 Å². The molecule has 2 nitrogen and oxygen atoms in total. The van der Waals surface area contributed by atoms with Crippen LogP contribution in [-0.2, 0) is 9.53 Å². The Kier molecular flexibility index (Phi) is 4.59. The second-order valence-corrected chi connectivity index (χ2v) is 4.67. The van der Waals surface area contributed by atoms with E-state index in [9.17, 15) is 4.79 Å². The van der Waals surface area contributed by atoms with E-state index in [4.69, 9.17) is 4.74 Å². The topological polar surface area (TPSA) is 26.3 Å². The Bertz CT molecular complexity index is 181. The predicted molar refractivity (Wildman–Crippen MR) is 57.2 cm³/mol. The molecule has 0 spiro atoms. The molecule has 0 amide bonds. The van der Waals surface area contributed by atoms with E-state index in [1.54, 1.807) is 7.11 Å². The second kappa shape index (κ2) is 5.50. The first kappa shape index (κ1) is 11.7. The Labute approximate surface area is 87.0 Å². The highest BCUT2D eigenvalue weighted by Crippen LogP contribution is 2.29. The van der Waals surface area contributed by atoms with Gasteiger partial charge in [0.25, 0.3) is 0 Å². The minimum atomic E-state index is 0.0850. The molecular formula is C12H22O2. The number of hydrogen-bond donors (Lipinski definition) is 0. The summed E-state index contributed by atoms with van der Waals surface area (Å²) in [5.74, 6) is 1.55. The Hall–Kier alpha value is -0.370. The van der Waals surface area contributed by atoms with Gasteiger partial charge in [0.1, 0.15) is 5.78 Å². The van der Waals surface area contributed by atoms with E-state index in [2.05, 4.69) is 6.92 Å². The molecule has 1 aliphatic rings. The maximum absolute atomic E-state index is 11.8. The average molecular weight is 198 g/mol. The molecule has 0 radical (unpaired) electrons. The van der Waals surface area contributed by atoms with Crippen LogP contribution in [0.5, 0.6) is 0 Å². The summed E-state index contributed by atoms with van der Waals surface area (Å²) in [7, 11) is 1.67. The highest BCUT2D eigenvalue weighted by atomic mass is 16.5. The molecule has 1 atom stereocenters. The molecular weight excluding hydrogens is 176 g/mol. The Morgan fingerprint density at radius 3 is 2.43 bits per heavy atom. The Morgan fingerprint density at radius 2 is 1.93 bits per heavy atom. The highest BCUT2D eigenvalue weighted by molar-refractivity contribution is 5.81. The predicted octanol–water partition coefficient (Wildman–Crippen LogP) is 2.81. The monoisotopic (exact) mass is 198 g/mol. The number of rotatable bonds is 4. The van der Waals surface area contributed by atoms with Crippen LogP contribution in [0.25, 0.3) is 0 Å². The molecule has 0 heterocycles. The molecule has 2 heteroatoms. The third-order valence-corrected chi connectivity index (χ3v) is 3.36. The highest BCUT2D eigenvalue weighted by Gasteiger charge is 2.24. The lowest BCUT2D eigenvalue weighted by Crippen LogP contribution is -2.24. The van der Waals surface area contributed by atoms with Gasteiger partial charge in [-0.2, -0.15) is 0 Å². The summed E-state index contributed by atoms with van der Waals surface area (Å²) in [4.78, 5) is 11.8. The van der Waals surface area contributed by atoms with E-state index < -0.39 is 0 Å². The number of Topliss-reactive ketones (excluding diaryl/α,β-unsaturated/α-hetero) is 1. The summed E-state index contributed by atoms with van der Waals surface area (Å²) in [5, 5.41) is 0. The van der Waals surface area contributed by atoms with Crippen molar-refractivity contribution in [2.45, 2.75) is 52.1 Å². The summed E-state index contributed by atoms with van der Waals surface area (Å²) >= 11 is 0. The van der Waals surface area contributed by atoms with Gasteiger partial charge in [0.15, 0.2) is 0 Å². The molecule has 0 bridgehead atoms. The molecule has 0 aromatic rings. The van der Waals surface area contributed by atoms with Crippen LogP contribution < -0.4 is 0 Å². The molecule has 0 aromatic heterocycles. The van der Waals surface area contributed by atoms with Gasteiger partial charge in [-0.3, -0.25) is 4.79 Å². The van der Waals surface area contributed by atoms with Crippen molar-refractivity contribution in [3.8, 4) is 0 Å². The minimum absolute atomic E-state index is 0.0850. The largest absolute Gasteiger partial charge is 0.381 e. The summed E-state index contributed by atoms with van der Waals surface area (Å²) in [6.45, 7) is 4.24. The van der Waals surface area contributed by atoms with E-state index in [1.807, 2.05) is 6.92 Å². The van der Waals surface area contributed by atoms with Crippen LogP contribution in [0.1, 0.15) is 46.0 Å².